The maximum atomic E-state index is 11.7. The van der Waals surface area contributed by atoms with Gasteiger partial charge in [-0.1, -0.05) is 0 Å². The number of carbonyl (C=O) groups is 2. The van der Waals surface area contributed by atoms with Gasteiger partial charge in [-0.25, -0.2) is 4.79 Å². The number of halogens is 2. The first-order valence-electron chi connectivity index (χ1n) is 5.16. The number of methoxy groups -OCH3 is 1. The number of rotatable bonds is 3. The summed E-state index contributed by atoms with van der Waals surface area (Å²) < 4.78 is 5.65. The summed E-state index contributed by atoms with van der Waals surface area (Å²) in [6.07, 6.45) is -0.254. The van der Waals surface area contributed by atoms with E-state index in [4.69, 9.17) is 5.26 Å². The lowest BCUT2D eigenvalue weighted by atomic mass is 10.1. The minimum absolute atomic E-state index is 0.254. The van der Waals surface area contributed by atoms with Gasteiger partial charge in [-0.3, -0.25) is 4.79 Å². The summed E-state index contributed by atoms with van der Waals surface area (Å²) in [5.74, 6) is -0.973. The van der Waals surface area contributed by atoms with E-state index in [0.717, 1.165) is 5.56 Å². The monoisotopic (exact) mass is 388 g/mol. The second-order valence-electron chi connectivity index (χ2n) is 3.61. The number of hydrogen-bond donors (Lipinski definition) is 1. The van der Waals surface area contributed by atoms with Crippen LogP contribution in [0.5, 0.6) is 0 Å². The van der Waals surface area contributed by atoms with Gasteiger partial charge < -0.3 is 10.1 Å². The van der Waals surface area contributed by atoms with Crippen LogP contribution in [-0.4, -0.2) is 19.0 Å². The molecule has 0 unspecified atom stereocenters. The van der Waals surface area contributed by atoms with Crippen LogP contribution >= 0.6 is 31.9 Å². The molecule has 7 heteroatoms. The summed E-state index contributed by atoms with van der Waals surface area (Å²) in [5.41, 5.74) is 1.47. The minimum atomic E-state index is -0.533. The molecule has 0 aliphatic heterocycles. The summed E-state index contributed by atoms with van der Waals surface area (Å²) in [5, 5.41) is 11.1. The summed E-state index contributed by atoms with van der Waals surface area (Å²) in [4.78, 5) is 23.2. The van der Waals surface area contributed by atoms with Crippen molar-refractivity contribution in [2.45, 2.75) is 13.3 Å². The van der Waals surface area contributed by atoms with Crippen LogP contribution in [0.25, 0.3) is 0 Å². The van der Waals surface area contributed by atoms with Gasteiger partial charge in [0.05, 0.1) is 28.9 Å². The van der Waals surface area contributed by atoms with Gasteiger partial charge in [0.2, 0.25) is 5.91 Å². The molecule has 0 aromatic heterocycles. The highest BCUT2D eigenvalue weighted by atomic mass is 79.9. The molecule has 19 heavy (non-hydrogen) atoms. The average Bonchev–Trinajstić information content (AvgIpc) is 2.34. The van der Waals surface area contributed by atoms with Crippen molar-refractivity contribution < 1.29 is 14.3 Å². The van der Waals surface area contributed by atoms with E-state index >= 15 is 0 Å². The van der Waals surface area contributed by atoms with Gasteiger partial charge in [0, 0.05) is 4.47 Å². The van der Waals surface area contributed by atoms with Crippen molar-refractivity contribution >= 4 is 49.4 Å². The Morgan fingerprint density at radius 3 is 2.63 bits per heavy atom. The predicted molar refractivity (Wildman–Crippen MR) is 76.8 cm³/mol. The summed E-state index contributed by atoms with van der Waals surface area (Å²) in [6, 6.07) is 3.45. The molecule has 0 saturated carbocycles. The molecule has 1 amide bonds. The number of aryl methyl sites for hydroxylation is 1. The number of anilines is 1. The molecule has 1 aromatic carbocycles. The van der Waals surface area contributed by atoms with Crippen molar-refractivity contribution in [3.05, 3.63) is 26.1 Å². The van der Waals surface area contributed by atoms with Crippen LogP contribution in [0.3, 0.4) is 0 Å². The van der Waals surface area contributed by atoms with Crippen LogP contribution in [0, 0.1) is 18.3 Å². The summed E-state index contributed by atoms with van der Waals surface area (Å²) in [6.45, 7) is 1.78. The Balaban J connectivity index is 3.30. The Morgan fingerprint density at radius 2 is 2.11 bits per heavy atom. The molecule has 1 rings (SSSR count). The van der Waals surface area contributed by atoms with Crippen LogP contribution in [0.15, 0.2) is 15.0 Å². The smallest absolute Gasteiger partial charge is 0.340 e. The maximum absolute atomic E-state index is 11.7. The molecule has 1 aromatic rings. The Kier molecular flexibility index (Phi) is 5.51. The molecular formula is C12H10Br2N2O3. The fourth-order valence-corrected chi connectivity index (χ4v) is 3.19. The van der Waals surface area contributed by atoms with Gasteiger partial charge >= 0.3 is 5.97 Å². The Hall–Kier alpha value is -1.39. The van der Waals surface area contributed by atoms with E-state index in [1.165, 1.54) is 7.11 Å². The third-order valence-electron chi connectivity index (χ3n) is 2.31. The number of benzene rings is 1. The lowest BCUT2D eigenvalue weighted by molar-refractivity contribution is -0.115. The molecule has 0 bridgehead atoms. The number of ether oxygens (including phenoxy) is 1. The molecule has 0 radical (unpaired) electrons. The number of carbonyl (C=O) groups excluding carboxylic acids is 2. The van der Waals surface area contributed by atoms with Crippen molar-refractivity contribution in [2.24, 2.45) is 0 Å². The van der Waals surface area contributed by atoms with E-state index < -0.39 is 11.9 Å². The van der Waals surface area contributed by atoms with E-state index in [1.54, 1.807) is 19.1 Å². The first kappa shape index (κ1) is 15.7. The highest BCUT2D eigenvalue weighted by Crippen LogP contribution is 2.35. The molecular weight excluding hydrogens is 380 g/mol. The molecule has 0 atom stereocenters. The zero-order valence-electron chi connectivity index (χ0n) is 10.2. The highest BCUT2D eigenvalue weighted by Gasteiger charge is 2.20. The lowest BCUT2D eigenvalue weighted by Gasteiger charge is -2.14. The van der Waals surface area contributed by atoms with Crippen molar-refractivity contribution in [3.8, 4) is 6.07 Å². The highest BCUT2D eigenvalue weighted by molar-refractivity contribution is 9.11. The second kappa shape index (κ2) is 6.68. The molecule has 0 aliphatic rings. The zero-order valence-corrected chi connectivity index (χ0v) is 13.4. The summed E-state index contributed by atoms with van der Waals surface area (Å²) in [7, 11) is 1.27. The van der Waals surface area contributed by atoms with Crippen molar-refractivity contribution in [1.82, 2.24) is 0 Å². The molecule has 0 heterocycles. The lowest BCUT2D eigenvalue weighted by Crippen LogP contribution is -2.14. The van der Waals surface area contributed by atoms with Crippen molar-refractivity contribution in [3.63, 3.8) is 0 Å². The van der Waals surface area contributed by atoms with E-state index in [1.807, 2.05) is 0 Å². The average molecular weight is 390 g/mol. The predicted octanol–water partition coefficient (Wildman–Crippen LogP) is 3.16. The van der Waals surface area contributed by atoms with Gasteiger partial charge in [-0.2, -0.15) is 5.26 Å². The SMILES string of the molecule is COC(=O)c1c(Br)cc(C)c(NC(=O)CC#N)c1Br. The molecule has 0 spiro atoms. The Bertz CT molecular complexity index is 579. The van der Waals surface area contributed by atoms with Crippen LogP contribution < -0.4 is 5.32 Å². The number of amides is 1. The number of esters is 1. The first-order valence-corrected chi connectivity index (χ1v) is 6.74. The van der Waals surface area contributed by atoms with Crippen molar-refractivity contribution in [2.75, 3.05) is 12.4 Å². The van der Waals surface area contributed by atoms with Crippen LogP contribution in [0.1, 0.15) is 22.3 Å². The fraction of sp³-hybridized carbons (Fsp3) is 0.250. The summed E-state index contributed by atoms with van der Waals surface area (Å²) >= 11 is 6.55. The quantitative estimate of drug-likeness (QED) is 0.805. The van der Waals surface area contributed by atoms with Crippen LogP contribution in [-0.2, 0) is 9.53 Å². The Morgan fingerprint density at radius 1 is 1.47 bits per heavy atom. The second-order valence-corrected chi connectivity index (χ2v) is 5.26. The number of nitrogens with zero attached hydrogens (tertiary/aromatic N) is 1. The molecule has 0 aliphatic carbocycles. The number of nitriles is 1. The maximum Gasteiger partial charge on any atom is 0.340 e. The van der Waals surface area contributed by atoms with Gasteiger partial charge in [0.1, 0.15) is 6.42 Å². The van der Waals surface area contributed by atoms with Crippen molar-refractivity contribution in [1.29, 1.82) is 5.26 Å². The molecule has 5 nitrogen and oxygen atoms in total. The van der Waals surface area contributed by atoms with Gasteiger partial charge in [-0.05, 0) is 50.4 Å². The number of nitrogens with one attached hydrogen (secondary N) is 1. The zero-order chi connectivity index (χ0) is 14.6. The standard InChI is InChI=1S/C12H10Br2N2O3/c1-6-5-7(13)9(12(18)19-2)10(14)11(6)16-8(17)3-4-15/h5H,3H2,1-2H3,(H,16,17). The van der Waals surface area contributed by atoms with E-state index in [2.05, 4.69) is 41.9 Å². The first-order chi connectivity index (χ1) is 8.92. The van der Waals surface area contributed by atoms with E-state index in [-0.39, 0.29) is 12.0 Å². The van der Waals surface area contributed by atoms with Gasteiger partial charge in [0.25, 0.3) is 0 Å². The topological polar surface area (TPSA) is 79.2 Å². The normalized spacial score (nSPS) is 9.63. The van der Waals surface area contributed by atoms with E-state index in [9.17, 15) is 9.59 Å². The van der Waals surface area contributed by atoms with Crippen LogP contribution in [0.2, 0.25) is 0 Å². The molecule has 0 saturated heterocycles. The van der Waals surface area contributed by atoms with Crippen LogP contribution in [0.4, 0.5) is 5.69 Å². The number of hydrogen-bond acceptors (Lipinski definition) is 4. The third-order valence-corrected chi connectivity index (χ3v) is 3.73. The molecule has 0 fully saturated rings. The largest absolute Gasteiger partial charge is 0.465 e. The van der Waals surface area contributed by atoms with Gasteiger partial charge in [0.15, 0.2) is 0 Å². The molecule has 100 valence electrons. The third kappa shape index (κ3) is 3.55. The fourth-order valence-electron chi connectivity index (χ4n) is 1.44. The minimum Gasteiger partial charge on any atom is -0.465 e. The van der Waals surface area contributed by atoms with Gasteiger partial charge in [-0.15, -0.1) is 0 Å². The van der Waals surface area contributed by atoms with E-state index in [0.29, 0.717) is 14.6 Å². The Labute approximate surface area is 127 Å². The molecule has 1 N–H and O–H groups in total.